The van der Waals surface area contributed by atoms with Crippen LogP contribution >= 0.6 is 0 Å². The first kappa shape index (κ1) is 17.3. The monoisotopic (exact) mass is 379 g/mol. The Balaban J connectivity index is 1.63. The van der Waals surface area contributed by atoms with E-state index in [-0.39, 0.29) is 35.4 Å². The van der Waals surface area contributed by atoms with Crippen LogP contribution in [0.3, 0.4) is 0 Å². The molecule has 1 aromatic heterocycles. The van der Waals surface area contributed by atoms with Crippen molar-refractivity contribution in [3.05, 3.63) is 34.2 Å². The molecule has 3 aliphatic rings. The highest BCUT2D eigenvalue weighted by Crippen LogP contribution is 2.33. The van der Waals surface area contributed by atoms with Crippen LogP contribution in [-0.2, 0) is 14.6 Å². The Labute approximate surface area is 151 Å². The van der Waals surface area contributed by atoms with E-state index in [0.29, 0.717) is 6.54 Å². The topological polar surface area (TPSA) is 108 Å². The van der Waals surface area contributed by atoms with Crippen molar-refractivity contribution in [3.63, 3.8) is 0 Å². The fourth-order valence-electron chi connectivity index (χ4n) is 4.11. The minimum absolute atomic E-state index is 0.00526. The molecule has 4 rings (SSSR count). The maximum atomic E-state index is 12.9. The maximum absolute atomic E-state index is 12.9. The van der Waals surface area contributed by atoms with E-state index < -0.39 is 33.4 Å². The molecule has 0 unspecified atom stereocenters. The molecule has 2 aliphatic heterocycles. The largest absolute Gasteiger partial charge is 0.335 e. The van der Waals surface area contributed by atoms with E-state index in [0.717, 1.165) is 19.3 Å². The Morgan fingerprint density at radius 3 is 2.35 bits per heavy atom. The molecule has 1 N–H and O–H groups in total. The zero-order chi connectivity index (χ0) is 18.5. The van der Waals surface area contributed by atoms with Crippen molar-refractivity contribution in [2.45, 2.75) is 31.3 Å². The highest BCUT2D eigenvalue weighted by Gasteiger charge is 2.50. The second kappa shape index (κ2) is 6.22. The van der Waals surface area contributed by atoms with Crippen molar-refractivity contribution < 1.29 is 18.0 Å². The number of aromatic amines is 1. The molecule has 1 aromatic rings. The number of piperazine rings is 1. The van der Waals surface area contributed by atoms with Gasteiger partial charge >= 0.3 is 0 Å². The molecule has 140 valence electrons. The molecule has 1 aliphatic carbocycles. The molecule has 2 atom stereocenters. The number of fused-ring (bicyclic) bond motifs is 1. The summed E-state index contributed by atoms with van der Waals surface area (Å²) in [5.41, 5.74) is -0.503. The van der Waals surface area contributed by atoms with Gasteiger partial charge in [0.1, 0.15) is 5.56 Å². The van der Waals surface area contributed by atoms with E-state index in [1.807, 2.05) is 0 Å². The highest BCUT2D eigenvalue weighted by atomic mass is 32.2. The molecule has 2 amide bonds. The Kier molecular flexibility index (Phi) is 4.13. The fourth-order valence-corrected chi connectivity index (χ4v) is 6.09. The number of pyridine rings is 1. The summed E-state index contributed by atoms with van der Waals surface area (Å²) in [4.78, 5) is 43.1. The van der Waals surface area contributed by atoms with Crippen molar-refractivity contribution in [3.8, 4) is 0 Å². The third-order valence-corrected chi connectivity index (χ3v) is 7.42. The van der Waals surface area contributed by atoms with Gasteiger partial charge in [-0.05, 0) is 25.0 Å². The Hall–Kier alpha value is -2.16. The summed E-state index contributed by atoms with van der Waals surface area (Å²) >= 11 is 0. The van der Waals surface area contributed by atoms with Crippen molar-refractivity contribution in [1.82, 2.24) is 14.8 Å². The summed E-state index contributed by atoms with van der Waals surface area (Å²) < 4.78 is 24.5. The van der Waals surface area contributed by atoms with E-state index in [1.165, 1.54) is 17.2 Å². The second-order valence-corrected chi connectivity index (χ2v) is 9.44. The molecule has 9 heteroatoms. The van der Waals surface area contributed by atoms with Crippen molar-refractivity contribution >= 4 is 21.7 Å². The maximum Gasteiger partial charge on any atom is 0.260 e. The lowest BCUT2D eigenvalue weighted by Crippen LogP contribution is -2.63. The lowest BCUT2D eigenvalue weighted by molar-refractivity contribution is -0.143. The summed E-state index contributed by atoms with van der Waals surface area (Å²) in [6, 6.07) is 1.89. The number of hydrogen-bond donors (Lipinski definition) is 1. The van der Waals surface area contributed by atoms with Crippen molar-refractivity contribution in [1.29, 1.82) is 0 Å². The van der Waals surface area contributed by atoms with Gasteiger partial charge in [-0.1, -0.05) is 6.42 Å². The molecule has 3 heterocycles. The summed E-state index contributed by atoms with van der Waals surface area (Å²) in [7, 11) is -3.34. The molecule has 2 saturated heterocycles. The number of amides is 2. The molecule has 0 radical (unpaired) electrons. The van der Waals surface area contributed by atoms with Crippen molar-refractivity contribution in [2.24, 2.45) is 5.92 Å². The van der Waals surface area contributed by atoms with Crippen LogP contribution in [-0.4, -0.2) is 71.7 Å². The normalized spacial score (nSPS) is 27.7. The molecule has 8 nitrogen and oxygen atoms in total. The van der Waals surface area contributed by atoms with E-state index in [4.69, 9.17) is 0 Å². The average Bonchev–Trinajstić information content (AvgIpc) is 2.86. The van der Waals surface area contributed by atoms with Crippen LogP contribution in [0.4, 0.5) is 0 Å². The molecule has 0 aromatic carbocycles. The zero-order valence-corrected chi connectivity index (χ0v) is 15.1. The summed E-state index contributed by atoms with van der Waals surface area (Å²) in [5.74, 6) is -0.769. The Morgan fingerprint density at radius 1 is 1.08 bits per heavy atom. The third kappa shape index (κ3) is 2.84. The van der Waals surface area contributed by atoms with Gasteiger partial charge in [0, 0.05) is 25.2 Å². The lowest BCUT2D eigenvalue weighted by atomic mass is 9.83. The van der Waals surface area contributed by atoms with Crippen LogP contribution in [0.15, 0.2) is 23.1 Å². The van der Waals surface area contributed by atoms with Gasteiger partial charge in [-0.3, -0.25) is 14.4 Å². The third-order valence-electron chi connectivity index (χ3n) is 5.72. The summed E-state index contributed by atoms with van der Waals surface area (Å²) in [6.07, 6.45) is 4.16. The number of aromatic nitrogens is 1. The summed E-state index contributed by atoms with van der Waals surface area (Å²) in [6.45, 7) is 0.546. The number of nitrogens with zero attached hydrogens (tertiary/aromatic N) is 2. The van der Waals surface area contributed by atoms with E-state index in [9.17, 15) is 22.8 Å². The van der Waals surface area contributed by atoms with E-state index in [2.05, 4.69) is 4.98 Å². The number of carbonyl (C=O) groups is 2. The predicted molar refractivity (Wildman–Crippen MR) is 93.4 cm³/mol. The van der Waals surface area contributed by atoms with Gasteiger partial charge in [0.15, 0.2) is 9.84 Å². The molecular weight excluding hydrogens is 358 g/mol. The van der Waals surface area contributed by atoms with Crippen LogP contribution in [0.2, 0.25) is 0 Å². The Morgan fingerprint density at radius 2 is 1.73 bits per heavy atom. The molecule has 3 fully saturated rings. The highest BCUT2D eigenvalue weighted by molar-refractivity contribution is 7.91. The molecule has 26 heavy (non-hydrogen) atoms. The van der Waals surface area contributed by atoms with Crippen LogP contribution in [0, 0.1) is 5.92 Å². The minimum Gasteiger partial charge on any atom is -0.335 e. The first-order valence-corrected chi connectivity index (χ1v) is 10.7. The number of carbonyl (C=O) groups excluding carboxylic acids is 2. The van der Waals surface area contributed by atoms with Crippen LogP contribution in [0.25, 0.3) is 0 Å². The number of nitrogens with one attached hydrogen (secondary N) is 1. The zero-order valence-electron chi connectivity index (χ0n) is 14.3. The SMILES string of the molecule is O=C(C1CCC1)N1CCN(C(=O)c2ccc[nH]c2=O)[C@H]2CS(=O)(=O)C[C@H]21. The second-order valence-electron chi connectivity index (χ2n) is 7.28. The van der Waals surface area contributed by atoms with Gasteiger partial charge < -0.3 is 14.8 Å². The van der Waals surface area contributed by atoms with Gasteiger partial charge in [0.2, 0.25) is 5.91 Å². The van der Waals surface area contributed by atoms with Crippen LogP contribution in [0.5, 0.6) is 0 Å². The lowest BCUT2D eigenvalue weighted by Gasteiger charge is -2.45. The number of hydrogen-bond acceptors (Lipinski definition) is 5. The van der Waals surface area contributed by atoms with Gasteiger partial charge in [0.05, 0.1) is 23.6 Å². The molecular formula is C17H21N3O5S. The smallest absolute Gasteiger partial charge is 0.260 e. The van der Waals surface area contributed by atoms with Gasteiger partial charge in [-0.2, -0.15) is 0 Å². The number of rotatable bonds is 2. The fraction of sp³-hybridized carbons (Fsp3) is 0.588. The quantitative estimate of drug-likeness (QED) is 0.754. The van der Waals surface area contributed by atoms with Crippen LogP contribution in [0.1, 0.15) is 29.6 Å². The molecule has 0 spiro atoms. The Bertz CT molecular complexity index is 905. The minimum atomic E-state index is -3.34. The van der Waals surface area contributed by atoms with E-state index in [1.54, 1.807) is 11.0 Å². The van der Waals surface area contributed by atoms with Gasteiger partial charge in [0.25, 0.3) is 11.5 Å². The van der Waals surface area contributed by atoms with Crippen molar-refractivity contribution in [2.75, 3.05) is 24.6 Å². The summed E-state index contributed by atoms with van der Waals surface area (Å²) in [5, 5.41) is 0. The molecule has 0 bridgehead atoms. The first-order chi connectivity index (χ1) is 12.4. The first-order valence-electron chi connectivity index (χ1n) is 8.87. The molecule has 1 saturated carbocycles. The number of sulfone groups is 1. The van der Waals surface area contributed by atoms with Crippen LogP contribution < -0.4 is 5.56 Å². The van der Waals surface area contributed by atoms with Gasteiger partial charge in [-0.15, -0.1) is 0 Å². The van der Waals surface area contributed by atoms with E-state index >= 15 is 0 Å². The standard InChI is InChI=1S/C17H21N3O5S/c21-15-12(5-2-6-18-15)17(23)20-8-7-19(16(22)11-3-1-4-11)13-9-26(24,25)10-14(13)20/h2,5-6,11,13-14H,1,3-4,7-10H2,(H,18,21)/t13-,14+/m1/s1. The number of H-pyrrole nitrogens is 1. The van der Waals surface area contributed by atoms with Gasteiger partial charge in [-0.25, -0.2) is 8.42 Å². The predicted octanol–water partition coefficient (Wildman–Crippen LogP) is -0.375. The average molecular weight is 379 g/mol.